The summed E-state index contributed by atoms with van der Waals surface area (Å²) in [4.78, 5) is 24.6. The molecule has 2 rings (SSSR count). The van der Waals surface area contributed by atoms with Crippen molar-refractivity contribution in [3.05, 3.63) is 0 Å². The number of fused-ring (bicyclic) bond motifs is 1. The SMILES string of the molecule is O=C1NCC2C1CCCN2C(=O)OCCl. The normalized spacial score (nSPS) is 29.7. The van der Waals surface area contributed by atoms with Crippen LogP contribution in [0.2, 0.25) is 0 Å². The lowest BCUT2D eigenvalue weighted by molar-refractivity contribution is -0.123. The molecule has 2 fully saturated rings. The number of halogens is 1. The van der Waals surface area contributed by atoms with E-state index in [2.05, 4.69) is 5.32 Å². The highest BCUT2D eigenvalue weighted by Crippen LogP contribution is 2.27. The Kier molecular flexibility index (Phi) is 3.00. The number of carbonyl (C=O) groups is 2. The van der Waals surface area contributed by atoms with Crippen LogP contribution in [0.25, 0.3) is 0 Å². The van der Waals surface area contributed by atoms with Gasteiger partial charge in [-0.1, -0.05) is 11.6 Å². The molecule has 0 radical (unpaired) electrons. The number of amides is 2. The van der Waals surface area contributed by atoms with Crippen molar-refractivity contribution < 1.29 is 14.3 Å². The average Bonchev–Trinajstić information content (AvgIpc) is 2.61. The van der Waals surface area contributed by atoms with Crippen molar-refractivity contribution in [2.45, 2.75) is 18.9 Å². The van der Waals surface area contributed by atoms with E-state index < -0.39 is 6.09 Å². The molecule has 2 heterocycles. The number of carbonyl (C=O) groups excluding carboxylic acids is 2. The molecule has 0 aliphatic carbocycles. The molecule has 0 aromatic carbocycles. The summed E-state index contributed by atoms with van der Waals surface area (Å²) in [5, 5.41) is 2.77. The fourth-order valence-corrected chi connectivity index (χ4v) is 2.40. The van der Waals surface area contributed by atoms with E-state index in [1.165, 1.54) is 0 Å². The standard InChI is InChI=1S/C9H13ClN2O3/c10-5-15-9(14)12-3-1-2-6-7(12)4-11-8(6)13/h6-7H,1-5H2,(H,11,13). The highest BCUT2D eigenvalue weighted by molar-refractivity contribution is 6.17. The van der Waals surface area contributed by atoms with Gasteiger partial charge in [0, 0.05) is 13.1 Å². The zero-order chi connectivity index (χ0) is 10.8. The Morgan fingerprint density at radius 1 is 1.67 bits per heavy atom. The number of nitrogens with zero attached hydrogens (tertiary/aromatic N) is 1. The minimum Gasteiger partial charge on any atom is -0.433 e. The second kappa shape index (κ2) is 4.26. The van der Waals surface area contributed by atoms with Crippen LogP contribution in [0.5, 0.6) is 0 Å². The number of nitrogens with one attached hydrogen (secondary N) is 1. The third kappa shape index (κ3) is 1.88. The largest absolute Gasteiger partial charge is 0.433 e. The van der Waals surface area contributed by atoms with Crippen molar-refractivity contribution >= 4 is 23.6 Å². The summed E-state index contributed by atoms with van der Waals surface area (Å²) in [5.74, 6) is -0.0231. The maximum atomic E-state index is 11.5. The van der Waals surface area contributed by atoms with Crippen molar-refractivity contribution in [1.82, 2.24) is 10.2 Å². The topological polar surface area (TPSA) is 58.6 Å². The average molecular weight is 233 g/mol. The molecule has 2 saturated heterocycles. The Morgan fingerprint density at radius 3 is 3.20 bits per heavy atom. The first-order valence-electron chi connectivity index (χ1n) is 5.01. The molecule has 1 N–H and O–H groups in total. The van der Waals surface area contributed by atoms with Crippen LogP contribution in [0.3, 0.4) is 0 Å². The molecule has 6 heteroatoms. The summed E-state index contributed by atoms with van der Waals surface area (Å²) >= 11 is 5.33. The predicted molar refractivity (Wildman–Crippen MR) is 53.4 cm³/mol. The number of hydrogen-bond acceptors (Lipinski definition) is 3. The molecule has 15 heavy (non-hydrogen) atoms. The zero-order valence-corrected chi connectivity index (χ0v) is 9.00. The summed E-state index contributed by atoms with van der Waals surface area (Å²) in [7, 11) is 0. The maximum Gasteiger partial charge on any atom is 0.411 e. The molecular weight excluding hydrogens is 220 g/mol. The molecule has 2 atom stereocenters. The first-order chi connectivity index (χ1) is 7.24. The van der Waals surface area contributed by atoms with Gasteiger partial charge in [-0.05, 0) is 12.8 Å². The summed E-state index contributed by atoms with van der Waals surface area (Å²) < 4.78 is 4.74. The number of ether oxygens (including phenoxy) is 1. The summed E-state index contributed by atoms with van der Waals surface area (Å²) in [6, 6.07) is -0.198. The molecule has 2 unspecified atom stereocenters. The molecule has 0 saturated carbocycles. The van der Waals surface area contributed by atoms with E-state index >= 15 is 0 Å². The third-order valence-corrected chi connectivity index (χ3v) is 3.12. The van der Waals surface area contributed by atoms with Crippen molar-refractivity contribution in [2.75, 3.05) is 19.2 Å². The van der Waals surface area contributed by atoms with E-state index in [-0.39, 0.29) is 23.9 Å². The summed E-state index contributed by atoms with van der Waals surface area (Å²) in [6.07, 6.45) is 1.27. The molecular formula is C9H13ClN2O3. The number of likely N-dealkylation sites (tertiary alicyclic amines) is 1. The predicted octanol–water partition coefficient (Wildman–Crippen LogP) is 0.530. The van der Waals surface area contributed by atoms with Crippen LogP contribution in [0, 0.1) is 5.92 Å². The van der Waals surface area contributed by atoms with Crippen LogP contribution >= 0.6 is 11.6 Å². The lowest BCUT2D eigenvalue weighted by Gasteiger charge is -2.34. The molecule has 0 aromatic heterocycles. The van der Waals surface area contributed by atoms with E-state index in [0.29, 0.717) is 13.1 Å². The Balaban J connectivity index is 2.06. The summed E-state index contributed by atoms with van der Waals surface area (Å²) in [5.41, 5.74) is 0. The van der Waals surface area contributed by atoms with Crippen molar-refractivity contribution in [2.24, 2.45) is 5.92 Å². The lowest BCUT2D eigenvalue weighted by atomic mass is 9.92. The lowest BCUT2D eigenvalue weighted by Crippen LogP contribution is -2.48. The number of piperidine rings is 1. The van der Waals surface area contributed by atoms with Crippen LogP contribution in [0.1, 0.15) is 12.8 Å². The van der Waals surface area contributed by atoms with Crippen LogP contribution < -0.4 is 5.32 Å². The van der Waals surface area contributed by atoms with Gasteiger partial charge in [0.25, 0.3) is 0 Å². The van der Waals surface area contributed by atoms with Gasteiger partial charge in [0.2, 0.25) is 5.91 Å². The van der Waals surface area contributed by atoms with Gasteiger partial charge in [-0.3, -0.25) is 4.79 Å². The third-order valence-electron chi connectivity index (χ3n) is 3.01. The fourth-order valence-electron chi connectivity index (χ4n) is 2.31. The van der Waals surface area contributed by atoms with Gasteiger partial charge in [0.05, 0.1) is 12.0 Å². The molecule has 2 aliphatic heterocycles. The van der Waals surface area contributed by atoms with Crippen molar-refractivity contribution in [3.8, 4) is 0 Å². The van der Waals surface area contributed by atoms with Gasteiger partial charge >= 0.3 is 6.09 Å². The van der Waals surface area contributed by atoms with E-state index in [0.717, 1.165) is 12.8 Å². The van der Waals surface area contributed by atoms with Crippen molar-refractivity contribution in [1.29, 1.82) is 0 Å². The van der Waals surface area contributed by atoms with Gasteiger partial charge < -0.3 is 15.0 Å². The van der Waals surface area contributed by atoms with Gasteiger partial charge in [-0.25, -0.2) is 4.79 Å². The quantitative estimate of drug-likeness (QED) is 0.671. The zero-order valence-electron chi connectivity index (χ0n) is 8.24. The van der Waals surface area contributed by atoms with Crippen molar-refractivity contribution in [3.63, 3.8) is 0 Å². The number of alkyl halides is 1. The summed E-state index contributed by atoms with van der Waals surface area (Å²) in [6.45, 7) is 1.17. The number of hydrogen-bond donors (Lipinski definition) is 1. The van der Waals surface area contributed by atoms with E-state index in [1.807, 2.05) is 0 Å². The number of rotatable bonds is 1. The fraction of sp³-hybridized carbons (Fsp3) is 0.778. The molecule has 0 aromatic rings. The Hall–Kier alpha value is -0.970. The van der Waals surface area contributed by atoms with E-state index in [4.69, 9.17) is 16.3 Å². The first kappa shape index (κ1) is 10.5. The Labute approximate surface area is 92.7 Å². The maximum absolute atomic E-state index is 11.5. The van der Waals surface area contributed by atoms with Crippen LogP contribution in [-0.4, -0.2) is 42.1 Å². The molecule has 2 amide bonds. The Bertz CT molecular complexity index is 285. The highest BCUT2D eigenvalue weighted by atomic mass is 35.5. The second-order valence-electron chi connectivity index (χ2n) is 3.77. The second-order valence-corrected chi connectivity index (χ2v) is 3.99. The molecule has 0 bridgehead atoms. The van der Waals surface area contributed by atoms with E-state index in [1.54, 1.807) is 4.90 Å². The molecule has 5 nitrogen and oxygen atoms in total. The minimum absolute atomic E-state index is 0.0448. The van der Waals surface area contributed by atoms with Gasteiger partial charge in [-0.15, -0.1) is 0 Å². The van der Waals surface area contributed by atoms with Crippen LogP contribution in [-0.2, 0) is 9.53 Å². The van der Waals surface area contributed by atoms with Crippen LogP contribution in [0.15, 0.2) is 0 Å². The van der Waals surface area contributed by atoms with E-state index in [9.17, 15) is 9.59 Å². The first-order valence-corrected chi connectivity index (χ1v) is 5.54. The molecule has 2 aliphatic rings. The monoisotopic (exact) mass is 232 g/mol. The van der Waals surface area contributed by atoms with Gasteiger partial charge in [0.15, 0.2) is 6.07 Å². The smallest absolute Gasteiger partial charge is 0.411 e. The van der Waals surface area contributed by atoms with Crippen LogP contribution in [0.4, 0.5) is 4.79 Å². The van der Waals surface area contributed by atoms with Gasteiger partial charge in [0.1, 0.15) is 0 Å². The highest BCUT2D eigenvalue weighted by Gasteiger charge is 2.43. The minimum atomic E-state index is -0.420. The molecule has 0 spiro atoms. The molecule has 84 valence electrons. The Morgan fingerprint density at radius 2 is 2.47 bits per heavy atom. The van der Waals surface area contributed by atoms with Gasteiger partial charge in [-0.2, -0.15) is 0 Å².